The largest absolute Gasteiger partial charge is 0.466 e. The third-order valence-corrected chi connectivity index (χ3v) is 2.45. The summed E-state index contributed by atoms with van der Waals surface area (Å²) in [6.07, 6.45) is -0.111. The predicted molar refractivity (Wildman–Crippen MR) is 58.5 cm³/mol. The number of esters is 2. The first kappa shape index (κ1) is 13.9. The lowest BCUT2D eigenvalue weighted by Crippen LogP contribution is -2.30. The Morgan fingerprint density at radius 1 is 1.14 bits per heavy atom. The normalized spacial score (nSPS) is 10.9. The number of carbonyl (C=O) groups excluding carboxylic acids is 2. The lowest BCUT2D eigenvalue weighted by molar-refractivity contribution is -0.149. The molecular formula is C8H12Br2O4. The third kappa shape index (κ3) is 4.95. The zero-order valence-corrected chi connectivity index (χ0v) is 11.2. The van der Waals surface area contributed by atoms with Gasteiger partial charge in [-0.05, 0) is 13.8 Å². The molecular weight excluding hydrogens is 320 g/mol. The smallest absolute Gasteiger partial charge is 0.334 e. The van der Waals surface area contributed by atoms with Crippen LogP contribution in [-0.4, -0.2) is 28.4 Å². The molecule has 14 heavy (non-hydrogen) atoms. The molecule has 0 aromatic carbocycles. The average molecular weight is 332 g/mol. The van der Waals surface area contributed by atoms with Crippen molar-refractivity contribution in [3.8, 4) is 0 Å². The molecule has 0 radical (unpaired) electrons. The fourth-order valence-electron chi connectivity index (χ4n) is 0.702. The Morgan fingerprint density at radius 2 is 1.64 bits per heavy atom. The second-order valence-corrected chi connectivity index (χ2v) is 6.18. The summed E-state index contributed by atoms with van der Waals surface area (Å²) < 4.78 is 8.27. The highest BCUT2D eigenvalue weighted by atomic mass is 79.9. The first-order chi connectivity index (χ1) is 6.44. The van der Waals surface area contributed by atoms with Crippen LogP contribution in [0.2, 0.25) is 0 Å². The van der Waals surface area contributed by atoms with Gasteiger partial charge in [-0.3, -0.25) is 4.79 Å². The molecule has 0 saturated heterocycles. The fourth-order valence-corrected chi connectivity index (χ4v) is 1.39. The molecule has 0 aliphatic rings. The maximum absolute atomic E-state index is 11.3. The molecule has 0 aliphatic carbocycles. The van der Waals surface area contributed by atoms with Gasteiger partial charge in [-0.2, -0.15) is 0 Å². The van der Waals surface area contributed by atoms with Crippen molar-refractivity contribution in [1.29, 1.82) is 0 Å². The van der Waals surface area contributed by atoms with Crippen LogP contribution in [0.1, 0.15) is 20.3 Å². The number of hydrogen-bond donors (Lipinski definition) is 0. The zero-order chi connectivity index (χ0) is 11.2. The highest BCUT2D eigenvalue weighted by molar-refractivity contribution is 9.25. The van der Waals surface area contributed by atoms with Crippen LogP contribution in [0.3, 0.4) is 0 Å². The Kier molecular flexibility index (Phi) is 6.35. The molecule has 6 heteroatoms. The van der Waals surface area contributed by atoms with Crippen LogP contribution in [0.4, 0.5) is 0 Å². The van der Waals surface area contributed by atoms with Gasteiger partial charge in [0.25, 0.3) is 0 Å². The van der Waals surface area contributed by atoms with E-state index >= 15 is 0 Å². The summed E-state index contributed by atoms with van der Waals surface area (Å²) in [4.78, 5) is 22.4. The molecule has 4 nitrogen and oxygen atoms in total. The lowest BCUT2D eigenvalue weighted by atomic mass is 10.3. The van der Waals surface area contributed by atoms with Crippen molar-refractivity contribution in [3.63, 3.8) is 0 Å². The Labute approximate surface area is 99.6 Å². The molecule has 0 spiro atoms. The van der Waals surface area contributed by atoms with Gasteiger partial charge in [-0.25, -0.2) is 4.79 Å². The van der Waals surface area contributed by atoms with Crippen LogP contribution in [0, 0.1) is 0 Å². The van der Waals surface area contributed by atoms with E-state index in [-0.39, 0.29) is 19.6 Å². The second kappa shape index (κ2) is 6.40. The zero-order valence-electron chi connectivity index (χ0n) is 8.01. The van der Waals surface area contributed by atoms with Gasteiger partial charge in [0.2, 0.25) is 0 Å². The summed E-state index contributed by atoms with van der Waals surface area (Å²) >= 11 is 6.12. The molecule has 0 N–H and O–H groups in total. The summed E-state index contributed by atoms with van der Waals surface area (Å²) in [5, 5.41) is 0. The van der Waals surface area contributed by atoms with Crippen molar-refractivity contribution < 1.29 is 19.1 Å². The second-order valence-electron chi connectivity index (χ2n) is 2.41. The monoisotopic (exact) mass is 330 g/mol. The molecule has 0 fully saturated rings. The van der Waals surface area contributed by atoms with E-state index < -0.39 is 15.2 Å². The van der Waals surface area contributed by atoms with E-state index in [1.54, 1.807) is 13.8 Å². The van der Waals surface area contributed by atoms with E-state index in [2.05, 4.69) is 31.9 Å². The number of halogens is 2. The molecule has 0 rings (SSSR count). The van der Waals surface area contributed by atoms with Gasteiger partial charge in [0.05, 0.1) is 19.6 Å². The third-order valence-electron chi connectivity index (χ3n) is 1.25. The number of carbonyl (C=O) groups is 2. The molecule has 0 unspecified atom stereocenters. The molecule has 0 aromatic heterocycles. The predicted octanol–water partition coefficient (Wildman–Crippen LogP) is 1.99. The van der Waals surface area contributed by atoms with Crippen LogP contribution >= 0.6 is 31.9 Å². The molecule has 0 bridgehead atoms. The minimum Gasteiger partial charge on any atom is -0.466 e. The van der Waals surface area contributed by atoms with Crippen molar-refractivity contribution in [2.24, 2.45) is 0 Å². The maximum atomic E-state index is 11.3. The summed E-state index contributed by atoms with van der Waals surface area (Å²) in [6, 6.07) is 0. The quantitative estimate of drug-likeness (QED) is 0.571. The summed E-state index contributed by atoms with van der Waals surface area (Å²) in [5.74, 6) is -0.998. The number of hydrogen-bond acceptors (Lipinski definition) is 4. The molecule has 0 aromatic rings. The molecule has 0 saturated carbocycles. The van der Waals surface area contributed by atoms with E-state index in [4.69, 9.17) is 9.47 Å². The van der Waals surface area contributed by atoms with E-state index in [0.29, 0.717) is 0 Å². The van der Waals surface area contributed by atoms with Gasteiger partial charge in [0.1, 0.15) is 0 Å². The van der Waals surface area contributed by atoms with Crippen molar-refractivity contribution >= 4 is 43.8 Å². The molecule has 0 heterocycles. The SMILES string of the molecule is CCOC(=O)CC(Br)(Br)C(=O)OCC. The molecule has 0 amide bonds. The van der Waals surface area contributed by atoms with E-state index in [1.165, 1.54) is 0 Å². The van der Waals surface area contributed by atoms with Gasteiger partial charge in [0.15, 0.2) is 3.23 Å². The van der Waals surface area contributed by atoms with Crippen molar-refractivity contribution in [1.82, 2.24) is 0 Å². The van der Waals surface area contributed by atoms with Crippen molar-refractivity contribution in [3.05, 3.63) is 0 Å². The van der Waals surface area contributed by atoms with Crippen LogP contribution in [0.25, 0.3) is 0 Å². The van der Waals surface area contributed by atoms with Gasteiger partial charge < -0.3 is 9.47 Å². The topological polar surface area (TPSA) is 52.6 Å². The molecule has 82 valence electrons. The van der Waals surface area contributed by atoms with Crippen molar-refractivity contribution in [2.45, 2.75) is 23.5 Å². The van der Waals surface area contributed by atoms with Gasteiger partial charge in [-0.1, -0.05) is 31.9 Å². The maximum Gasteiger partial charge on any atom is 0.334 e. The standard InChI is InChI=1S/C8H12Br2O4/c1-3-13-6(11)5-8(9,10)7(12)14-4-2/h3-5H2,1-2H3. The highest BCUT2D eigenvalue weighted by Crippen LogP contribution is 2.32. The van der Waals surface area contributed by atoms with Gasteiger partial charge in [-0.15, -0.1) is 0 Å². The summed E-state index contributed by atoms with van der Waals surface area (Å²) in [7, 11) is 0. The van der Waals surface area contributed by atoms with Crippen LogP contribution in [-0.2, 0) is 19.1 Å². The minimum absolute atomic E-state index is 0.111. The lowest BCUT2D eigenvalue weighted by Gasteiger charge is -2.16. The minimum atomic E-state index is -1.18. The van der Waals surface area contributed by atoms with Gasteiger partial charge in [0, 0.05) is 0 Å². The fraction of sp³-hybridized carbons (Fsp3) is 0.750. The van der Waals surface area contributed by atoms with Crippen LogP contribution < -0.4 is 0 Å². The van der Waals surface area contributed by atoms with Crippen LogP contribution in [0.15, 0.2) is 0 Å². The number of rotatable bonds is 5. The molecule has 0 atom stereocenters. The number of ether oxygens (including phenoxy) is 2. The Bertz CT molecular complexity index is 215. The van der Waals surface area contributed by atoms with E-state index in [1.807, 2.05) is 0 Å². The first-order valence-corrected chi connectivity index (χ1v) is 5.73. The average Bonchev–Trinajstić information content (AvgIpc) is 2.03. The Hall–Kier alpha value is -0.100. The van der Waals surface area contributed by atoms with E-state index in [0.717, 1.165) is 0 Å². The highest BCUT2D eigenvalue weighted by Gasteiger charge is 2.37. The van der Waals surface area contributed by atoms with Crippen molar-refractivity contribution in [2.75, 3.05) is 13.2 Å². The Balaban J connectivity index is 4.18. The Morgan fingerprint density at radius 3 is 2.07 bits per heavy atom. The summed E-state index contributed by atoms with van der Waals surface area (Å²) in [5.41, 5.74) is 0. The molecule has 0 aliphatic heterocycles. The number of alkyl halides is 2. The van der Waals surface area contributed by atoms with E-state index in [9.17, 15) is 9.59 Å². The van der Waals surface area contributed by atoms with Gasteiger partial charge >= 0.3 is 11.9 Å². The first-order valence-electron chi connectivity index (χ1n) is 4.14. The summed E-state index contributed by atoms with van der Waals surface area (Å²) in [6.45, 7) is 3.95. The van der Waals surface area contributed by atoms with Crippen LogP contribution in [0.5, 0.6) is 0 Å².